The molecule has 538 valence electrons. The Labute approximate surface area is 562 Å². The molecule has 1 aliphatic heterocycles. The van der Waals surface area contributed by atoms with Gasteiger partial charge in [-0.2, -0.15) is 0 Å². The van der Waals surface area contributed by atoms with E-state index < -0.39 is 49.5 Å². The molecule has 1 amide bonds. The Morgan fingerprint density at radius 2 is 0.714 bits per heavy atom. The van der Waals surface area contributed by atoms with E-state index in [4.69, 9.17) is 14.2 Å². The van der Waals surface area contributed by atoms with Crippen molar-refractivity contribution < 1.29 is 49.3 Å². The first-order valence-electron chi connectivity index (χ1n) is 40.1. The maximum absolute atomic E-state index is 13.0. The molecule has 0 aliphatic carbocycles. The first-order valence-corrected chi connectivity index (χ1v) is 40.1. The SMILES string of the molecule is CCCCC/C=C/CC/C=C/C(O)C(COC1OC(CO)C(O)C(O)C1O)NC(=O)CCCCCCCCCCCCCCCCCCCCCCCCCCCCCCCCCCCCCCCCCOC(=O)CCCCCCCCCCCCCCCCC. The number of carbonyl (C=O) groups is 2. The number of hydrogen-bond acceptors (Lipinski definition) is 10. The van der Waals surface area contributed by atoms with E-state index in [2.05, 4.69) is 31.3 Å². The number of allylic oxidation sites excluding steroid dienone is 3. The lowest BCUT2D eigenvalue weighted by Gasteiger charge is -2.40. The lowest BCUT2D eigenvalue weighted by Crippen LogP contribution is -2.60. The van der Waals surface area contributed by atoms with Gasteiger partial charge in [-0.25, -0.2) is 0 Å². The van der Waals surface area contributed by atoms with E-state index in [1.165, 1.54) is 334 Å². The number of esters is 1. The summed E-state index contributed by atoms with van der Waals surface area (Å²) < 4.78 is 16.7. The summed E-state index contributed by atoms with van der Waals surface area (Å²) in [6, 6.07) is -0.821. The molecule has 91 heavy (non-hydrogen) atoms. The number of aliphatic hydroxyl groups excluding tert-OH is 5. The number of aliphatic hydroxyl groups is 5. The van der Waals surface area contributed by atoms with E-state index >= 15 is 0 Å². The molecular weight excluding hydrogens is 1130 g/mol. The zero-order valence-electron chi connectivity index (χ0n) is 60.1. The third-order valence-corrected chi connectivity index (χ3v) is 19.3. The highest BCUT2D eigenvalue weighted by Crippen LogP contribution is 2.24. The van der Waals surface area contributed by atoms with Gasteiger partial charge in [0.05, 0.1) is 32.0 Å². The summed E-state index contributed by atoms with van der Waals surface area (Å²) in [5.74, 6) is -0.164. The van der Waals surface area contributed by atoms with Crippen LogP contribution in [0.1, 0.15) is 412 Å². The van der Waals surface area contributed by atoms with Crippen molar-refractivity contribution in [3.63, 3.8) is 0 Å². The van der Waals surface area contributed by atoms with Crippen LogP contribution >= 0.6 is 0 Å². The summed E-state index contributed by atoms with van der Waals surface area (Å²) in [7, 11) is 0. The van der Waals surface area contributed by atoms with Gasteiger partial charge in [-0.15, -0.1) is 0 Å². The second-order valence-corrected chi connectivity index (χ2v) is 28.1. The van der Waals surface area contributed by atoms with Crippen LogP contribution in [-0.4, -0.2) is 100 Å². The van der Waals surface area contributed by atoms with Gasteiger partial charge in [-0.3, -0.25) is 9.59 Å². The molecule has 1 fully saturated rings. The number of unbranched alkanes of at least 4 members (excludes halogenated alkanes) is 56. The van der Waals surface area contributed by atoms with E-state index in [1.54, 1.807) is 6.08 Å². The first-order chi connectivity index (χ1) is 44.7. The van der Waals surface area contributed by atoms with Gasteiger partial charge >= 0.3 is 5.97 Å². The van der Waals surface area contributed by atoms with Crippen molar-refractivity contribution in [1.29, 1.82) is 0 Å². The molecule has 7 unspecified atom stereocenters. The fourth-order valence-electron chi connectivity index (χ4n) is 13.0. The Morgan fingerprint density at radius 3 is 1.09 bits per heavy atom. The normalized spacial score (nSPS) is 17.6. The third kappa shape index (κ3) is 58.1. The van der Waals surface area contributed by atoms with Crippen molar-refractivity contribution in [3.8, 4) is 0 Å². The maximum atomic E-state index is 13.0. The Kier molecular flexibility index (Phi) is 66.6. The molecule has 0 bridgehead atoms. The van der Waals surface area contributed by atoms with Gasteiger partial charge in [-0.1, -0.05) is 378 Å². The summed E-state index contributed by atoms with van der Waals surface area (Å²) in [6.45, 7) is 4.33. The lowest BCUT2D eigenvalue weighted by molar-refractivity contribution is -0.302. The maximum Gasteiger partial charge on any atom is 0.305 e. The van der Waals surface area contributed by atoms with Gasteiger partial charge in [0.25, 0.3) is 0 Å². The number of nitrogens with one attached hydrogen (secondary N) is 1. The average molecular weight is 1290 g/mol. The minimum absolute atomic E-state index is 0.0219. The summed E-state index contributed by atoms with van der Waals surface area (Å²) in [6.07, 6.45) is 79.7. The van der Waals surface area contributed by atoms with Crippen LogP contribution in [0.5, 0.6) is 0 Å². The van der Waals surface area contributed by atoms with E-state index in [-0.39, 0.29) is 18.5 Å². The van der Waals surface area contributed by atoms with E-state index in [9.17, 15) is 35.1 Å². The van der Waals surface area contributed by atoms with E-state index in [0.29, 0.717) is 19.4 Å². The molecule has 1 heterocycles. The number of amides is 1. The Bertz CT molecular complexity index is 1560. The van der Waals surface area contributed by atoms with E-state index in [1.807, 2.05) is 6.08 Å². The molecular formula is C80H153NO10. The molecule has 0 radical (unpaired) electrons. The minimum Gasteiger partial charge on any atom is -0.466 e. The van der Waals surface area contributed by atoms with Gasteiger partial charge in [0, 0.05) is 12.8 Å². The van der Waals surface area contributed by atoms with Gasteiger partial charge in [0.2, 0.25) is 5.91 Å². The third-order valence-electron chi connectivity index (χ3n) is 19.3. The van der Waals surface area contributed by atoms with Crippen LogP contribution in [0.25, 0.3) is 0 Å². The topological polar surface area (TPSA) is 175 Å². The summed E-state index contributed by atoms with van der Waals surface area (Å²) in [4.78, 5) is 25.1. The Hall–Kier alpha value is -1.86. The molecule has 0 saturated carbocycles. The smallest absolute Gasteiger partial charge is 0.305 e. The van der Waals surface area contributed by atoms with Gasteiger partial charge in [0.1, 0.15) is 24.4 Å². The molecule has 6 N–H and O–H groups in total. The molecule has 1 saturated heterocycles. The quantitative estimate of drug-likeness (QED) is 0.0195. The van der Waals surface area contributed by atoms with Gasteiger partial charge in [0.15, 0.2) is 6.29 Å². The highest BCUT2D eigenvalue weighted by molar-refractivity contribution is 5.76. The molecule has 0 aromatic heterocycles. The van der Waals surface area contributed by atoms with Gasteiger partial charge in [-0.05, 0) is 44.9 Å². The molecule has 0 spiro atoms. The van der Waals surface area contributed by atoms with Crippen LogP contribution in [0.3, 0.4) is 0 Å². The van der Waals surface area contributed by atoms with Crippen molar-refractivity contribution in [2.45, 2.75) is 455 Å². The second kappa shape index (κ2) is 69.5. The monoisotopic (exact) mass is 1290 g/mol. The molecule has 11 heteroatoms. The van der Waals surface area contributed by atoms with Crippen LogP contribution in [0, 0.1) is 0 Å². The predicted molar refractivity (Wildman–Crippen MR) is 384 cm³/mol. The first kappa shape index (κ1) is 87.2. The number of rotatable bonds is 72. The van der Waals surface area contributed by atoms with Crippen LogP contribution in [0.4, 0.5) is 0 Å². The van der Waals surface area contributed by atoms with Crippen molar-refractivity contribution >= 4 is 11.9 Å². The second-order valence-electron chi connectivity index (χ2n) is 28.1. The number of hydrogen-bond donors (Lipinski definition) is 6. The molecule has 0 aromatic carbocycles. The average Bonchev–Trinajstić information content (AvgIpc) is 1.22. The van der Waals surface area contributed by atoms with Crippen LogP contribution in [0.15, 0.2) is 24.3 Å². The van der Waals surface area contributed by atoms with Crippen molar-refractivity contribution in [3.05, 3.63) is 24.3 Å². The van der Waals surface area contributed by atoms with Crippen molar-refractivity contribution in [2.75, 3.05) is 19.8 Å². The van der Waals surface area contributed by atoms with Gasteiger partial charge < -0.3 is 45.1 Å². The summed E-state index contributed by atoms with van der Waals surface area (Å²) in [5.41, 5.74) is 0. The standard InChI is InChI=1S/C80H153NO10/c1-3-5-7-9-11-13-14-15-41-45-48-52-56-60-64-68-76(85)89-69-65-61-57-53-49-46-43-40-38-36-34-32-30-28-26-24-22-20-18-16-17-19-21-23-25-27-29-31-33-35-37-39-42-44-47-51-55-59-63-67-75(84)81-72(73(83)66-62-58-54-50-12-10-8-6-4-2)71-90-80-79(88)78(87)77(86)74(70-82)91-80/h12,50,62,66,72-74,77-80,82-83,86-88H,3-11,13-49,51-61,63-65,67-71H2,1-2H3,(H,81,84)/b50-12+,66-62+. The lowest BCUT2D eigenvalue weighted by atomic mass is 9.99. The summed E-state index contributed by atoms with van der Waals surface area (Å²) >= 11 is 0. The van der Waals surface area contributed by atoms with Crippen molar-refractivity contribution in [2.24, 2.45) is 0 Å². The minimum atomic E-state index is -1.57. The predicted octanol–water partition coefficient (Wildman–Crippen LogP) is 21.5. The molecule has 11 nitrogen and oxygen atoms in total. The molecule has 1 aliphatic rings. The fourth-order valence-corrected chi connectivity index (χ4v) is 13.0. The number of carbonyl (C=O) groups excluding carboxylic acids is 2. The zero-order valence-corrected chi connectivity index (χ0v) is 60.1. The highest BCUT2D eigenvalue weighted by atomic mass is 16.7. The van der Waals surface area contributed by atoms with Crippen molar-refractivity contribution in [1.82, 2.24) is 5.32 Å². The molecule has 7 atom stereocenters. The zero-order chi connectivity index (χ0) is 65.8. The summed E-state index contributed by atoms with van der Waals surface area (Å²) in [5, 5.41) is 54.3. The van der Waals surface area contributed by atoms with Crippen LogP contribution in [-0.2, 0) is 23.8 Å². The van der Waals surface area contributed by atoms with Crippen LogP contribution in [0.2, 0.25) is 0 Å². The highest BCUT2D eigenvalue weighted by Gasteiger charge is 2.44. The molecule has 1 rings (SSSR count). The fraction of sp³-hybridized carbons (Fsp3) is 0.925. The largest absolute Gasteiger partial charge is 0.466 e. The Morgan fingerprint density at radius 1 is 0.396 bits per heavy atom. The Balaban J connectivity index is 1.83. The van der Waals surface area contributed by atoms with E-state index in [0.717, 1.165) is 51.4 Å². The van der Waals surface area contributed by atoms with Crippen LogP contribution < -0.4 is 5.32 Å². The molecule has 0 aromatic rings. The number of ether oxygens (including phenoxy) is 3.